The molecule has 3 aromatic rings. The van der Waals surface area contributed by atoms with Crippen LogP contribution in [-0.2, 0) is 6.54 Å². The van der Waals surface area contributed by atoms with Gasteiger partial charge in [-0.1, -0.05) is 48.5 Å². The van der Waals surface area contributed by atoms with Crippen LogP contribution in [0.5, 0.6) is 0 Å². The number of nitrogens with zero attached hydrogens (tertiary/aromatic N) is 4. The minimum Gasteiger partial charge on any atom is -0.306 e. The van der Waals surface area contributed by atoms with Gasteiger partial charge in [-0.2, -0.15) is 17.9 Å². The Kier molecular flexibility index (Phi) is 4.78. The van der Waals surface area contributed by atoms with Crippen molar-refractivity contribution >= 4 is 12.6 Å². The Bertz CT molecular complexity index is 876. The summed E-state index contributed by atoms with van der Waals surface area (Å²) in [7, 11) is 0. The SMILES string of the molecule is C=CCn1c(-c2ccccc2)nnc1C(S)c1ccc(C#N)cc1. The van der Waals surface area contributed by atoms with Gasteiger partial charge < -0.3 is 4.57 Å². The number of allylic oxidation sites excluding steroid dienone is 1. The Labute approximate surface area is 146 Å². The van der Waals surface area contributed by atoms with Crippen LogP contribution in [-0.4, -0.2) is 14.8 Å². The average molecular weight is 332 g/mol. The molecule has 0 bridgehead atoms. The van der Waals surface area contributed by atoms with Gasteiger partial charge in [0.05, 0.1) is 16.9 Å². The van der Waals surface area contributed by atoms with Gasteiger partial charge in [0.15, 0.2) is 11.6 Å². The normalized spacial score (nSPS) is 11.7. The molecule has 0 saturated carbocycles. The molecule has 0 saturated heterocycles. The molecule has 0 fully saturated rings. The lowest BCUT2D eigenvalue weighted by Crippen LogP contribution is -2.07. The molecule has 1 atom stereocenters. The van der Waals surface area contributed by atoms with Crippen molar-refractivity contribution < 1.29 is 0 Å². The summed E-state index contributed by atoms with van der Waals surface area (Å²) in [4.78, 5) is 0. The molecule has 0 N–H and O–H groups in total. The Morgan fingerprint density at radius 1 is 1.12 bits per heavy atom. The van der Waals surface area contributed by atoms with Crippen molar-refractivity contribution in [2.24, 2.45) is 0 Å². The molecule has 0 aliphatic heterocycles. The molecule has 3 rings (SSSR count). The second kappa shape index (κ2) is 7.16. The van der Waals surface area contributed by atoms with Crippen LogP contribution < -0.4 is 0 Å². The molecule has 0 spiro atoms. The fourth-order valence-electron chi connectivity index (χ4n) is 2.52. The average Bonchev–Trinajstić information content (AvgIpc) is 3.06. The van der Waals surface area contributed by atoms with E-state index in [4.69, 9.17) is 17.9 Å². The van der Waals surface area contributed by atoms with Crippen molar-refractivity contribution in [3.05, 3.63) is 84.2 Å². The maximum atomic E-state index is 8.92. The predicted octanol–water partition coefficient (Wildman–Crippen LogP) is 4.02. The fourth-order valence-corrected chi connectivity index (χ4v) is 2.88. The maximum absolute atomic E-state index is 8.92. The van der Waals surface area contributed by atoms with Crippen LogP contribution in [0.1, 0.15) is 22.2 Å². The van der Waals surface area contributed by atoms with E-state index in [-0.39, 0.29) is 5.25 Å². The lowest BCUT2D eigenvalue weighted by Gasteiger charge is -2.13. The number of rotatable bonds is 5. The number of benzene rings is 2. The molecule has 2 aromatic carbocycles. The summed E-state index contributed by atoms with van der Waals surface area (Å²) in [6.07, 6.45) is 1.82. The van der Waals surface area contributed by atoms with E-state index in [1.807, 2.05) is 53.1 Å². The van der Waals surface area contributed by atoms with Crippen LogP contribution in [0.25, 0.3) is 11.4 Å². The van der Waals surface area contributed by atoms with Gasteiger partial charge in [0.1, 0.15) is 0 Å². The Hall–Kier alpha value is -2.84. The van der Waals surface area contributed by atoms with Crippen molar-refractivity contribution in [3.63, 3.8) is 0 Å². The van der Waals surface area contributed by atoms with Crippen LogP contribution in [0.2, 0.25) is 0 Å². The van der Waals surface area contributed by atoms with Crippen LogP contribution in [0.3, 0.4) is 0 Å². The third kappa shape index (κ3) is 3.10. The first-order chi connectivity index (χ1) is 11.7. The van der Waals surface area contributed by atoms with Crippen molar-refractivity contribution in [1.29, 1.82) is 5.26 Å². The van der Waals surface area contributed by atoms with Gasteiger partial charge in [0, 0.05) is 12.1 Å². The zero-order valence-electron chi connectivity index (χ0n) is 13.0. The first kappa shape index (κ1) is 16.0. The molecule has 1 unspecified atom stereocenters. The molecule has 5 heteroatoms. The van der Waals surface area contributed by atoms with E-state index in [2.05, 4.69) is 22.8 Å². The van der Waals surface area contributed by atoms with Gasteiger partial charge in [-0.05, 0) is 17.7 Å². The zero-order valence-corrected chi connectivity index (χ0v) is 13.9. The molecule has 0 radical (unpaired) electrons. The van der Waals surface area contributed by atoms with Crippen LogP contribution in [0, 0.1) is 11.3 Å². The highest BCUT2D eigenvalue weighted by Gasteiger charge is 2.20. The van der Waals surface area contributed by atoms with E-state index in [1.165, 1.54) is 0 Å². The monoisotopic (exact) mass is 332 g/mol. The van der Waals surface area contributed by atoms with Crippen LogP contribution in [0.15, 0.2) is 67.3 Å². The molecule has 1 heterocycles. The summed E-state index contributed by atoms with van der Waals surface area (Å²) in [5.41, 5.74) is 2.59. The summed E-state index contributed by atoms with van der Waals surface area (Å²) in [6.45, 7) is 4.43. The van der Waals surface area contributed by atoms with Gasteiger partial charge >= 0.3 is 0 Å². The van der Waals surface area contributed by atoms with Gasteiger partial charge in [-0.15, -0.1) is 16.8 Å². The molecule has 118 valence electrons. The Morgan fingerprint density at radius 3 is 2.46 bits per heavy atom. The van der Waals surface area contributed by atoms with E-state index in [1.54, 1.807) is 12.1 Å². The van der Waals surface area contributed by atoms with Crippen molar-refractivity contribution in [1.82, 2.24) is 14.8 Å². The molecular weight excluding hydrogens is 316 g/mol. The smallest absolute Gasteiger partial charge is 0.164 e. The lowest BCUT2D eigenvalue weighted by molar-refractivity contribution is 0.760. The van der Waals surface area contributed by atoms with Crippen LogP contribution >= 0.6 is 12.6 Å². The van der Waals surface area contributed by atoms with E-state index >= 15 is 0 Å². The first-order valence-corrected chi connectivity index (χ1v) is 8.03. The molecule has 0 aliphatic rings. The predicted molar refractivity (Wildman–Crippen MR) is 97.6 cm³/mol. The molecular formula is C19H16N4S. The van der Waals surface area contributed by atoms with Gasteiger partial charge in [0.25, 0.3) is 0 Å². The largest absolute Gasteiger partial charge is 0.306 e. The first-order valence-electron chi connectivity index (χ1n) is 7.52. The third-order valence-corrected chi connectivity index (χ3v) is 4.25. The van der Waals surface area contributed by atoms with Gasteiger partial charge in [-0.25, -0.2) is 0 Å². The lowest BCUT2D eigenvalue weighted by atomic mass is 10.1. The summed E-state index contributed by atoms with van der Waals surface area (Å²) < 4.78 is 2.01. The standard InChI is InChI=1S/C19H16N4S/c1-2-12-23-18(16-6-4-3-5-7-16)21-22-19(23)17(24)15-10-8-14(13-20)9-11-15/h2-11,17,24H,1,12H2. The zero-order chi connectivity index (χ0) is 16.9. The van der Waals surface area contributed by atoms with Crippen molar-refractivity contribution in [3.8, 4) is 17.5 Å². The summed E-state index contributed by atoms with van der Waals surface area (Å²) in [5, 5.41) is 17.4. The number of hydrogen-bond acceptors (Lipinski definition) is 4. The molecule has 0 aliphatic carbocycles. The number of hydrogen-bond donors (Lipinski definition) is 1. The minimum atomic E-state index is -0.234. The third-order valence-electron chi connectivity index (χ3n) is 3.72. The summed E-state index contributed by atoms with van der Waals surface area (Å²) in [5.74, 6) is 1.54. The topological polar surface area (TPSA) is 54.5 Å². The van der Waals surface area contributed by atoms with Crippen LogP contribution in [0.4, 0.5) is 0 Å². The molecule has 4 nitrogen and oxygen atoms in total. The molecule has 1 aromatic heterocycles. The second-order valence-corrected chi connectivity index (χ2v) is 5.80. The highest BCUT2D eigenvalue weighted by Crippen LogP contribution is 2.30. The van der Waals surface area contributed by atoms with E-state index in [9.17, 15) is 0 Å². The fraction of sp³-hybridized carbons (Fsp3) is 0.105. The van der Waals surface area contributed by atoms with Gasteiger partial charge in [0.2, 0.25) is 0 Å². The highest BCUT2D eigenvalue weighted by atomic mass is 32.1. The van der Waals surface area contributed by atoms with E-state index < -0.39 is 0 Å². The Morgan fingerprint density at radius 2 is 1.83 bits per heavy atom. The summed E-state index contributed by atoms with van der Waals surface area (Å²) >= 11 is 4.72. The number of thiol groups is 1. The van der Waals surface area contributed by atoms with E-state index in [0.717, 1.165) is 22.8 Å². The summed E-state index contributed by atoms with van der Waals surface area (Å²) in [6, 6.07) is 19.4. The Balaban J connectivity index is 2.02. The number of nitriles is 1. The van der Waals surface area contributed by atoms with Gasteiger partial charge in [-0.3, -0.25) is 0 Å². The van der Waals surface area contributed by atoms with Crippen molar-refractivity contribution in [2.75, 3.05) is 0 Å². The number of aromatic nitrogens is 3. The molecule has 0 amide bonds. The quantitative estimate of drug-likeness (QED) is 0.567. The minimum absolute atomic E-state index is 0.234. The molecule has 24 heavy (non-hydrogen) atoms. The van der Waals surface area contributed by atoms with E-state index in [0.29, 0.717) is 12.1 Å². The second-order valence-electron chi connectivity index (χ2n) is 5.28. The van der Waals surface area contributed by atoms with Crippen molar-refractivity contribution in [2.45, 2.75) is 11.8 Å². The highest BCUT2D eigenvalue weighted by molar-refractivity contribution is 7.80. The maximum Gasteiger partial charge on any atom is 0.164 e.